The lowest BCUT2D eigenvalue weighted by Crippen LogP contribution is -2.41. The number of aromatic amines is 1. The average molecular weight is 480 g/mol. The van der Waals surface area contributed by atoms with E-state index in [2.05, 4.69) is 20.8 Å². The number of alkyl halides is 3. The highest BCUT2D eigenvalue weighted by Gasteiger charge is 2.31. The molecule has 1 atom stereocenters. The molecule has 0 unspecified atom stereocenters. The molecule has 0 saturated heterocycles. The van der Waals surface area contributed by atoms with Gasteiger partial charge in [-0.05, 0) is 42.8 Å². The highest BCUT2D eigenvalue weighted by atomic mass is 19.4. The lowest BCUT2D eigenvalue weighted by Gasteiger charge is -2.23. The number of carbonyl (C=O) groups excluding carboxylic acids is 2. The van der Waals surface area contributed by atoms with Gasteiger partial charge in [0.1, 0.15) is 23.5 Å². The maximum absolute atomic E-state index is 13.6. The minimum Gasteiger partial charge on any atom is -0.341 e. The van der Waals surface area contributed by atoms with Gasteiger partial charge in [0.25, 0.3) is 5.91 Å². The quantitative estimate of drug-likeness (QED) is 0.444. The second-order valence-electron chi connectivity index (χ2n) is 8.21. The van der Waals surface area contributed by atoms with E-state index in [-0.39, 0.29) is 11.4 Å². The fraction of sp³-hybridized carbons (Fsp3) is 0.261. The van der Waals surface area contributed by atoms with Crippen molar-refractivity contribution in [2.45, 2.75) is 38.4 Å². The van der Waals surface area contributed by atoms with E-state index < -0.39 is 46.6 Å². The number of amides is 2. The molecule has 0 aliphatic heterocycles. The number of hydrogen-bond acceptors (Lipinski definition) is 3. The summed E-state index contributed by atoms with van der Waals surface area (Å²) in [6.07, 6.45) is -4.61. The molecule has 3 N–H and O–H groups in total. The van der Waals surface area contributed by atoms with Gasteiger partial charge in [0, 0.05) is 23.1 Å². The molecule has 0 aliphatic rings. The smallest absolute Gasteiger partial charge is 0.341 e. The molecule has 1 heterocycles. The van der Waals surface area contributed by atoms with Gasteiger partial charge in [-0.2, -0.15) is 18.3 Å². The molecule has 6 nitrogen and oxygen atoms in total. The molecule has 0 radical (unpaired) electrons. The first-order valence-electron chi connectivity index (χ1n) is 10.1. The summed E-state index contributed by atoms with van der Waals surface area (Å²) in [5.74, 6) is -2.83. The Balaban J connectivity index is 1.68. The fourth-order valence-corrected chi connectivity index (χ4v) is 3.19. The van der Waals surface area contributed by atoms with Crippen LogP contribution >= 0.6 is 0 Å². The molecule has 2 amide bonds. The van der Waals surface area contributed by atoms with Crippen molar-refractivity contribution < 1.29 is 31.5 Å². The molecule has 0 spiro atoms. The zero-order valence-corrected chi connectivity index (χ0v) is 18.3. The lowest BCUT2D eigenvalue weighted by atomic mass is 9.81. The largest absolute Gasteiger partial charge is 0.416 e. The minimum absolute atomic E-state index is 0.158. The first-order chi connectivity index (χ1) is 15.8. The fourth-order valence-electron chi connectivity index (χ4n) is 3.19. The molecular weight excluding hydrogens is 459 g/mol. The highest BCUT2D eigenvalue weighted by Crippen LogP contribution is 2.32. The van der Waals surface area contributed by atoms with Gasteiger partial charge >= 0.3 is 6.18 Å². The number of nitrogens with one attached hydrogen (secondary N) is 3. The van der Waals surface area contributed by atoms with Crippen LogP contribution in [-0.4, -0.2) is 28.1 Å². The summed E-state index contributed by atoms with van der Waals surface area (Å²) in [5, 5.41) is 11.5. The van der Waals surface area contributed by atoms with Crippen LogP contribution in [0.3, 0.4) is 0 Å². The van der Waals surface area contributed by atoms with E-state index in [0.717, 1.165) is 18.2 Å². The molecule has 0 aliphatic carbocycles. The maximum Gasteiger partial charge on any atom is 0.416 e. The van der Waals surface area contributed by atoms with E-state index in [1.54, 1.807) is 13.8 Å². The number of anilines is 1. The van der Waals surface area contributed by atoms with E-state index in [4.69, 9.17) is 0 Å². The van der Waals surface area contributed by atoms with Crippen molar-refractivity contribution in [3.63, 3.8) is 0 Å². The Hall–Kier alpha value is -3.76. The third-order valence-corrected chi connectivity index (χ3v) is 5.25. The first kappa shape index (κ1) is 24.9. The summed E-state index contributed by atoms with van der Waals surface area (Å²) in [4.78, 5) is 24.8. The number of rotatable bonds is 6. The number of benzene rings is 2. The Labute approximate surface area is 191 Å². The second-order valence-corrected chi connectivity index (χ2v) is 8.21. The van der Waals surface area contributed by atoms with Crippen molar-refractivity contribution in [2.24, 2.45) is 0 Å². The Morgan fingerprint density at radius 1 is 0.971 bits per heavy atom. The summed E-state index contributed by atoms with van der Waals surface area (Å²) < 4.78 is 65.8. The van der Waals surface area contributed by atoms with Crippen LogP contribution in [-0.2, 0) is 16.4 Å². The predicted molar refractivity (Wildman–Crippen MR) is 114 cm³/mol. The molecule has 0 fully saturated rings. The summed E-state index contributed by atoms with van der Waals surface area (Å²) in [5.41, 5.74) is -1.43. The third-order valence-electron chi connectivity index (χ3n) is 5.25. The van der Waals surface area contributed by atoms with E-state index in [1.807, 2.05) is 0 Å². The van der Waals surface area contributed by atoms with Crippen molar-refractivity contribution in [3.05, 3.63) is 82.5 Å². The summed E-state index contributed by atoms with van der Waals surface area (Å²) in [7, 11) is 0. The van der Waals surface area contributed by atoms with E-state index in [9.17, 15) is 31.5 Å². The van der Waals surface area contributed by atoms with Gasteiger partial charge in [-0.15, -0.1) is 0 Å². The Kier molecular flexibility index (Phi) is 6.76. The number of carbonyl (C=O) groups is 2. The number of hydrogen-bond donors (Lipinski definition) is 3. The van der Waals surface area contributed by atoms with Crippen molar-refractivity contribution in [1.29, 1.82) is 0 Å². The van der Waals surface area contributed by atoms with Gasteiger partial charge in [-0.1, -0.05) is 19.9 Å². The second kappa shape index (κ2) is 9.24. The molecule has 0 saturated carbocycles. The van der Waals surface area contributed by atoms with Crippen LogP contribution in [0.4, 0.5) is 27.8 Å². The van der Waals surface area contributed by atoms with Gasteiger partial charge in [0.05, 0.1) is 11.3 Å². The van der Waals surface area contributed by atoms with Gasteiger partial charge in [0.2, 0.25) is 5.91 Å². The van der Waals surface area contributed by atoms with Gasteiger partial charge in [-0.25, -0.2) is 8.78 Å². The number of halogens is 5. The molecule has 11 heteroatoms. The topological polar surface area (TPSA) is 86.9 Å². The van der Waals surface area contributed by atoms with Crippen LogP contribution in [0.1, 0.15) is 48.0 Å². The summed E-state index contributed by atoms with van der Waals surface area (Å²) >= 11 is 0. The van der Waals surface area contributed by atoms with Crippen molar-refractivity contribution in [2.75, 3.05) is 5.32 Å². The molecule has 3 rings (SSSR count). The van der Waals surface area contributed by atoms with Crippen molar-refractivity contribution >= 4 is 17.6 Å². The molecule has 2 aromatic carbocycles. The summed E-state index contributed by atoms with van der Waals surface area (Å²) in [6, 6.07) is 7.32. The van der Waals surface area contributed by atoms with Gasteiger partial charge in [0.15, 0.2) is 0 Å². The average Bonchev–Trinajstić information content (AvgIpc) is 3.21. The van der Waals surface area contributed by atoms with E-state index >= 15 is 0 Å². The van der Waals surface area contributed by atoms with Crippen LogP contribution in [0.5, 0.6) is 0 Å². The first-order valence-corrected chi connectivity index (χ1v) is 10.1. The molecule has 180 valence electrons. The number of aromatic nitrogens is 2. The Morgan fingerprint density at radius 3 is 2.24 bits per heavy atom. The standard InChI is InChI=1S/C23H21F5N4O2/c1-12(29-21(34)13-5-4-6-14(7-13)23(26,27)28)20(33)30-19-11-18(31-32-19)22(2,3)15-8-16(24)10-17(25)9-15/h4-12H,1-3H3,(H,29,34)(H2,30,31,32,33)/t12-/m0/s1. The molecular formula is C23H21F5N4O2. The number of nitrogens with zero attached hydrogens (tertiary/aromatic N) is 1. The maximum atomic E-state index is 13.6. The normalized spacial score (nSPS) is 12.8. The molecule has 34 heavy (non-hydrogen) atoms. The number of H-pyrrole nitrogens is 1. The Bertz CT molecular complexity index is 1200. The van der Waals surface area contributed by atoms with Crippen LogP contribution in [0.2, 0.25) is 0 Å². The van der Waals surface area contributed by atoms with Gasteiger partial charge < -0.3 is 10.6 Å². The van der Waals surface area contributed by atoms with Crippen LogP contribution < -0.4 is 10.6 Å². The third kappa shape index (κ3) is 5.59. The van der Waals surface area contributed by atoms with Crippen molar-refractivity contribution in [3.8, 4) is 0 Å². The molecule has 3 aromatic rings. The minimum atomic E-state index is -4.61. The monoisotopic (exact) mass is 480 g/mol. The SMILES string of the molecule is C[C@H](NC(=O)c1cccc(C(F)(F)F)c1)C(=O)Nc1cc(C(C)(C)c2cc(F)cc(F)c2)n[nH]1. The highest BCUT2D eigenvalue weighted by molar-refractivity contribution is 6.00. The van der Waals surface area contributed by atoms with Crippen LogP contribution in [0.15, 0.2) is 48.5 Å². The van der Waals surface area contributed by atoms with E-state index in [1.165, 1.54) is 31.2 Å². The van der Waals surface area contributed by atoms with Crippen LogP contribution in [0.25, 0.3) is 0 Å². The summed E-state index contributed by atoms with van der Waals surface area (Å²) in [6.45, 7) is 4.75. The zero-order chi connectivity index (χ0) is 25.3. The zero-order valence-electron chi connectivity index (χ0n) is 18.3. The molecule has 0 bridgehead atoms. The molecule has 1 aromatic heterocycles. The van der Waals surface area contributed by atoms with Gasteiger partial charge in [-0.3, -0.25) is 14.7 Å². The predicted octanol–water partition coefficient (Wildman–Crippen LogP) is 4.79. The Morgan fingerprint density at radius 2 is 1.62 bits per heavy atom. The van der Waals surface area contributed by atoms with Crippen LogP contribution in [0, 0.1) is 11.6 Å². The lowest BCUT2D eigenvalue weighted by molar-refractivity contribution is -0.137. The van der Waals surface area contributed by atoms with Crippen molar-refractivity contribution in [1.82, 2.24) is 15.5 Å². The van der Waals surface area contributed by atoms with E-state index in [0.29, 0.717) is 17.3 Å².